The monoisotopic (exact) mass is 229 g/mol. The number of aromatic nitrogens is 1. The van der Waals surface area contributed by atoms with Crippen LogP contribution in [-0.2, 0) is 6.61 Å². The molecule has 0 aliphatic rings. The Morgan fingerprint density at radius 1 is 1.69 bits per heavy atom. The van der Waals surface area contributed by atoms with Gasteiger partial charge in [0, 0.05) is 0 Å². The predicted molar refractivity (Wildman–Crippen MR) is 46.5 cm³/mol. The molecule has 0 aromatic carbocycles. The lowest BCUT2D eigenvalue weighted by Gasteiger charge is -2.04. The van der Waals surface area contributed by atoms with E-state index in [0.29, 0.717) is 6.07 Å². The predicted octanol–water partition coefficient (Wildman–Crippen LogP) is 1.29. The van der Waals surface area contributed by atoms with Crippen molar-refractivity contribution in [1.29, 1.82) is 5.26 Å². The molecule has 0 aliphatic carbocycles. The highest BCUT2D eigenvalue weighted by atomic mass is 19.3. The number of hydrogen-bond donors (Lipinski definition) is 1. The Balaban J connectivity index is 3.51. The first-order valence-corrected chi connectivity index (χ1v) is 3.98. The van der Waals surface area contributed by atoms with Crippen molar-refractivity contribution in [2.45, 2.75) is 13.0 Å². The smallest absolute Gasteiger partial charge is 0.310 e. The summed E-state index contributed by atoms with van der Waals surface area (Å²) in [4.78, 5) is 12.8. The second kappa shape index (κ2) is 4.59. The molecule has 1 N–H and O–H groups in total. The second-order valence-electron chi connectivity index (χ2n) is 2.72. The van der Waals surface area contributed by atoms with Gasteiger partial charge in [-0.05, 0) is 6.07 Å². The van der Waals surface area contributed by atoms with Gasteiger partial charge in [0.05, 0.1) is 11.5 Å². The fourth-order valence-electron chi connectivity index (χ4n) is 1.12. The topological polar surface area (TPSA) is 100 Å². The lowest BCUT2D eigenvalue weighted by Crippen LogP contribution is -2.05. The van der Waals surface area contributed by atoms with Gasteiger partial charge in [0.2, 0.25) is 0 Å². The summed E-state index contributed by atoms with van der Waals surface area (Å²) in [6, 6.07) is 2.06. The van der Waals surface area contributed by atoms with Crippen LogP contribution >= 0.6 is 0 Å². The van der Waals surface area contributed by atoms with Crippen molar-refractivity contribution < 1.29 is 18.8 Å². The molecule has 0 saturated carbocycles. The van der Waals surface area contributed by atoms with Crippen LogP contribution in [0.4, 0.5) is 14.5 Å². The van der Waals surface area contributed by atoms with Crippen molar-refractivity contribution in [2.24, 2.45) is 0 Å². The standard InChI is InChI=1S/C8H5F2N3O3/c9-8(10)5-1-4(2-11)7(13(15)16)6(3-14)12-5/h1,8,14H,3H2. The number of aliphatic hydroxyl groups excluding tert-OH is 1. The third-order valence-electron chi connectivity index (χ3n) is 1.76. The zero-order chi connectivity index (χ0) is 12.3. The molecule has 0 atom stereocenters. The summed E-state index contributed by atoms with van der Waals surface area (Å²) < 4.78 is 24.6. The minimum Gasteiger partial charge on any atom is -0.390 e. The van der Waals surface area contributed by atoms with E-state index in [0.717, 1.165) is 0 Å². The second-order valence-corrected chi connectivity index (χ2v) is 2.72. The molecule has 0 saturated heterocycles. The van der Waals surface area contributed by atoms with E-state index in [9.17, 15) is 18.9 Å². The number of alkyl halides is 2. The van der Waals surface area contributed by atoms with Crippen LogP contribution in [0.2, 0.25) is 0 Å². The molecule has 0 aliphatic heterocycles. The Morgan fingerprint density at radius 2 is 2.31 bits per heavy atom. The molecule has 0 radical (unpaired) electrons. The molecule has 1 heterocycles. The van der Waals surface area contributed by atoms with Crippen LogP contribution in [0.3, 0.4) is 0 Å². The number of nitriles is 1. The quantitative estimate of drug-likeness (QED) is 0.621. The zero-order valence-electron chi connectivity index (χ0n) is 7.72. The van der Waals surface area contributed by atoms with Gasteiger partial charge in [0.1, 0.15) is 23.0 Å². The molecule has 1 rings (SSSR count). The van der Waals surface area contributed by atoms with E-state index < -0.39 is 40.6 Å². The summed E-state index contributed by atoms with van der Waals surface area (Å²) in [6.45, 7) is -0.883. The van der Waals surface area contributed by atoms with Crippen molar-refractivity contribution in [2.75, 3.05) is 0 Å². The van der Waals surface area contributed by atoms with E-state index >= 15 is 0 Å². The van der Waals surface area contributed by atoms with Crippen molar-refractivity contribution in [3.8, 4) is 6.07 Å². The first-order chi connectivity index (χ1) is 7.51. The van der Waals surface area contributed by atoms with Crippen LogP contribution < -0.4 is 0 Å². The summed E-state index contributed by atoms with van der Waals surface area (Å²) in [5.74, 6) is 0. The zero-order valence-corrected chi connectivity index (χ0v) is 7.72. The fraction of sp³-hybridized carbons (Fsp3) is 0.250. The lowest BCUT2D eigenvalue weighted by atomic mass is 10.1. The molecular formula is C8H5F2N3O3. The Bertz CT molecular complexity index is 470. The number of rotatable bonds is 3. The first-order valence-electron chi connectivity index (χ1n) is 3.98. The van der Waals surface area contributed by atoms with E-state index in [-0.39, 0.29) is 0 Å². The average Bonchev–Trinajstić information content (AvgIpc) is 2.26. The minimum absolute atomic E-state index is 0.542. The molecule has 0 bridgehead atoms. The maximum Gasteiger partial charge on any atom is 0.310 e. The number of pyridine rings is 1. The van der Waals surface area contributed by atoms with Gasteiger partial charge in [-0.1, -0.05) is 0 Å². The van der Waals surface area contributed by atoms with E-state index in [1.54, 1.807) is 0 Å². The Morgan fingerprint density at radius 3 is 2.69 bits per heavy atom. The Kier molecular flexibility index (Phi) is 3.42. The highest BCUT2D eigenvalue weighted by Crippen LogP contribution is 2.26. The van der Waals surface area contributed by atoms with Crippen molar-refractivity contribution in [3.05, 3.63) is 33.1 Å². The lowest BCUT2D eigenvalue weighted by molar-refractivity contribution is -0.386. The maximum absolute atomic E-state index is 12.3. The molecule has 1 aromatic heterocycles. The van der Waals surface area contributed by atoms with Crippen LogP contribution in [0.25, 0.3) is 0 Å². The maximum atomic E-state index is 12.3. The molecular weight excluding hydrogens is 224 g/mol. The highest BCUT2D eigenvalue weighted by Gasteiger charge is 2.24. The SMILES string of the molecule is N#Cc1cc(C(F)F)nc(CO)c1[N+](=O)[O-]. The first kappa shape index (κ1) is 11.9. The molecule has 0 amide bonds. The Hall–Kier alpha value is -2.14. The number of halogens is 2. The normalized spacial score (nSPS) is 10.2. The third kappa shape index (κ3) is 2.09. The summed E-state index contributed by atoms with van der Waals surface area (Å²) >= 11 is 0. The van der Waals surface area contributed by atoms with Gasteiger partial charge in [-0.2, -0.15) is 5.26 Å². The van der Waals surface area contributed by atoms with Gasteiger partial charge in [-0.3, -0.25) is 10.1 Å². The fourth-order valence-corrected chi connectivity index (χ4v) is 1.12. The summed E-state index contributed by atoms with van der Waals surface area (Å²) in [5, 5.41) is 27.9. The average molecular weight is 229 g/mol. The van der Waals surface area contributed by atoms with Gasteiger partial charge in [0.15, 0.2) is 0 Å². The molecule has 1 aromatic rings. The minimum atomic E-state index is -2.96. The van der Waals surface area contributed by atoms with Crippen LogP contribution in [0.1, 0.15) is 23.4 Å². The Labute approximate surface area is 87.9 Å². The van der Waals surface area contributed by atoms with Crippen LogP contribution in [0, 0.1) is 21.4 Å². The van der Waals surface area contributed by atoms with E-state index in [2.05, 4.69) is 4.98 Å². The van der Waals surface area contributed by atoms with Crippen LogP contribution in [0.15, 0.2) is 6.07 Å². The third-order valence-corrected chi connectivity index (χ3v) is 1.76. The summed E-state index contributed by atoms with van der Waals surface area (Å²) in [6.07, 6.45) is -2.96. The van der Waals surface area contributed by atoms with Crippen molar-refractivity contribution in [3.63, 3.8) is 0 Å². The van der Waals surface area contributed by atoms with E-state index in [4.69, 9.17) is 10.4 Å². The molecule has 0 fully saturated rings. The van der Waals surface area contributed by atoms with Crippen LogP contribution in [-0.4, -0.2) is 15.0 Å². The van der Waals surface area contributed by atoms with Gasteiger partial charge >= 0.3 is 5.69 Å². The molecule has 0 unspecified atom stereocenters. The number of hydrogen-bond acceptors (Lipinski definition) is 5. The number of aliphatic hydroxyl groups is 1. The summed E-state index contributed by atoms with van der Waals surface area (Å²) in [7, 11) is 0. The molecule has 16 heavy (non-hydrogen) atoms. The summed E-state index contributed by atoms with van der Waals surface area (Å²) in [5.41, 5.74) is -2.60. The molecule has 84 valence electrons. The highest BCUT2D eigenvalue weighted by molar-refractivity contribution is 5.52. The largest absolute Gasteiger partial charge is 0.390 e. The van der Waals surface area contributed by atoms with Crippen LogP contribution in [0.5, 0.6) is 0 Å². The van der Waals surface area contributed by atoms with E-state index in [1.165, 1.54) is 6.07 Å². The van der Waals surface area contributed by atoms with Gasteiger partial charge in [0.25, 0.3) is 6.43 Å². The molecule has 0 spiro atoms. The van der Waals surface area contributed by atoms with Gasteiger partial charge in [-0.25, -0.2) is 13.8 Å². The number of nitro groups is 1. The van der Waals surface area contributed by atoms with Gasteiger partial charge < -0.3 is 5.11 Å². The van der Waals surface area contributed by atoms with Crippen molar-refractivity contribution in [1.82, 2.24) is 4.98 Å². The molecule has 6 nitrogen and oxygen atoms in total. The van der Waals surface area contributed by atoms with Crippen molar-refractivity contribution >= 4 is 5.69 Å². The van der Waals surface area contributed by atoms with Gasteiger partial charge in [-0.15, -0.1) is 0 Å². The number of nitrogens with zero attached hydrogens (tertiary/aromatic N) is 3. The molecule has 8 heteroatoms. The van der Waals surface area contributed by atoms with E-state index in [1.807, 2.05) is 0 Å².